The van der Waals surface area contributed by atoms with E-state index in [0.29, 0.717) is 0 Å². The quantitative estimate of drug-likeness (QED) is 0.788. The summed E-state index contributed by atoms with van der Waals surface area (Å²) in [6, 6.07) is -0.186. The molecular weight excluding hydrogens is 221 g/mol. The molecule has 0 radical (unpaired) electrons. The molecule has 6 heteroatoms. The van der Waals surface area contributed by atoms with Crippen LogP contribution in [0.4, 0.5) is 8.78 Å². The van der Waals surface area contributed by atoms with Crippen molar-refractivity contribution >= 4 is 23.2 Å². The van der Waals surface area contributed by atoms with E-state index in [1.165, 1.54) is 12.3 Å². The Morgan fingerprint density at radius 3 is 2.54 bits per heavy atom. The van der Waals surface area contributed by atoms with Gasteiger partial charge in [0.05, 0.1) is 11.1 Å². The van der Waals surface area contributed by atoms with Crippen LogP contribution in [-0.4, -0.2) is 11.4 Å². The van der Waals surface area contributed by atoms with Gasteiger partial charge in [0, 0.05) is 6.20 Å². The number of rotatable bonds is 2. The summed E-state index contributed by atoms with van der Waals surface area (Å²) in [5.74, 6) is 0. The first-order valence-electron chi connectivity index (χ1n) is 3.37. The molecule has 0 aromatic carbocycles. The van der Waals surface area contributed by atoms with Crippen LogP contribution in [0, 0.1) is 0 Å². The van der Waals surface area contributed by atoms with E-state index in [-0.39, 0.29) is 15.7 Å². The number of aromatic nitrogens is 1. The van der Waals surface area contributed by atoms with Gasteiger partial charge in [0.15, 0.2) is 0 Å². The second-order valence-corrected chi connectivity index (χ2v) is 3.18. The van der Waals surface area contributed by atoms with Crippen molar-refractivity contribution < 1.29 is 8.78 Å². The van der Waals surface area contributed by atoms with E-state index in [1.54, 1.807) is 0 Å². The second kappa shape index (κ2) is 4.17. The standard InChI is InChI=1S/C7H6Cl2F2N2/c8-4-2-13-5(9)1-3(4)6(12)7(10)11/h1-2,6-7H,12H2. The Morgan fingerprint density at radius 1 is 1.38 bits per heavy atom. The van der Waals surface area contributed by atoms with Crippen molar-refractivity contribution in [2.75, 3.05) is 0 Å². The predicted octanol–water partition coefficient (Wildman–Crippen LogP) is 2.65. The minimum absolute atomic E-state index is 0.0931. The third-order valence-electron chi connectivity index (χ3n) is 1.48. The molecule has 1 heterocycles. The summed E-state index contributed by atoms with van der Waals surface area (Å²) in [4.78, 5) is 3.61. The van der Waals surface area contributed by atoms with E-state index in [9.17, 15) is 8.78 Å². The fraction of sp³-hybridized carbons (Fsp3) is 0.286. The van der Waals surface area contributed by atoms with Crippen molar-refractivity contribution in [3.05, 3.63) is 28.0 Å². The van der Waals surface area contributed by atoms with Gasteiger partial charge in [0.2, 0.25) is 0 Å². The molecule has 1 aromatic heterocycles. The van der Waals surface area contributed by atoms with E-state index in [4.69, 9.17) is 28.9 Å². The number of halogens is 4. The minimum Gasteiger partial charge on any atom is -0.319 e. The molecule has 1 atom stereocenters. The monoisotopic (exact) mass is 226 g/mol. The van der Waals surface area contributed by atoms with Gasteiger partial charge in [-0.2, -0.15) is 0 Å². The first kappa shape index (κ1) is 10.6. The van der Waals surface area contributed by atoms with E-state index in [1.807, 2.05) is 0 Å². The SMILES string of the molecule is NC(c1cc(Cl)ncc1Cl)C(F)F. The average molecular weight is 227 g/mol. The van der Waals surface area contributed by atoms with Gasteiger partial charge in [-0.15, -0.1) is 0 Å². The topological polar surface area (TPSA) is 38.9 Å². The summed E-state index contributed by atoms with van der Waals surface area (Å²) < 4.78 is 24.4. The first-order chi connectivity index (χ1) is 6.02. The van der Waals surface area contributed by atoms with Crippen molar-refractivity contribution in [2.45, 2.75) is 12.5 Å². The molecule has 0 amide bonds. The molecule has 13 heavy (non-hydrogen) atoms. The lowest BCUT2D eigenvalue weighted by atomic mass is 10.1. The molecule has 0 spiro atoms. The Bertz CT molecular complexity index is 307. The normalized spacial score (nSPS) is 13.4. The maximum Gasteiger partial charge on any atom is 0.257 e. The molecule has 1 rings (SSSR count). The van der Waals surface area contributed by atoms with E-state index >= 15 is 0 Å². The number of hydrogen-bond acceptors (Lipinski definition) is 2. The lowest BCUT2D eigenvalue weighted by Crippen LogP contribution is -2.19. The van der Waals surface area contributed by atoms with Crippen LogP contribution in [0.3, 0.4) is 0 Å². The van der Waals surface area contributed by atoms with E-state index in [0.717, 1.165) is 0 Å². The zero-order valence-electron chi connectivity index (χ0n) is 6.35. The van der Waals surface area contributed by atoms with Crippen LogP contribution >= 0.6 is 23.2 Å². The maximum atomic E-state index is 12.2. The smallest absolute Gasteiger partial charge is 0.257 e. The van der Waals surface area contributed by atoms with Gasteiger partial charge in [-0.1, -0.05) is 23.2 Å². The maximum absolute atomic E-state index is 12.2. The molecule has 1 aromatic rings. The van der Waals surface area contributed by atoms with Gasteiger partial charge in [0.25, 0.3) is 6.43 Å². The molecule has 1 unspecified atom stereocenters. The number of nitrogens with zero attached hydrogens (tertiary/aromatic N) is 1. The van der Waals surface area contributed by atoms with Crippen LogP contribution < -0.4 is 5.73 Å². The Balaban J connectivity index is 3.05. The van der Waals surface area contributed by atoms with Gasteiger partial charge in [-0.25, -0.2) is 13.8 Å². The van der Waals surface area contributed by atoms with Crippen molar-refractivity contribution in [1.29, 1.82) is 0 Å². The molecule has 0 bridgehead atoms. The second-order valence-electron chi connectivity index (χ2n) is 2.39. The highest BCUT2D eigenvalue weighted by Gasteiger charge is 2.20. The third-order valence-corrected chi connectivity index (χ3v) is 2.00. The van der Waals surface area contributed by atoms with Crippen LogP contribution in [0.2, 0.25) is 10.2 Å². The lowest BCUT2D eigenvalue weighted by Gasteiger charge is -2.11. The molecule has 0 aliphatic carbocycles. The minimum atomic E-state index is -2.67. The van der Waals surface area contributed by atoms with Crippen LogP contribution in [-0.2, 0) is 0 Å². The number of alkyl halides is 2. The van der Waals surface area contributed by atoms with Gasteiger partial charge in [-0.05, 0) is 11.6 Å². The fourth-order valence-electron chi connectivity index (χ4n) is 0.819. The zero-order chi connectivity index (χ0) is 10.0. The summed E-state index contributed by atoms with van der Waals surface area (Å²) in [5.41, 5.74) is 5.29. The number of nitrogens with two attached hydrogens (primary N) is 1. The predicted molar refractivity (Wildman–Crippen MR) is 47.2 cm³/mol. The first-order valence-corrected chi connectivity index (χ1v) is 4.12. The number of pyridine rings is 1. The summed E-state index contributed by atoms with van der Waals surface area (Å²) >= 11 is 11.1. The van der Waals surface area contributed by atoms with Gasteiger partial charge >= 0.3 is 0 Å². The Kier molecular flexibility index (Phi) is 3.41. The van der Waals surface area contributed by atoms with Gasteiger partial charge < -0.3 is 5.73 Å². The van der Waals surface area contributed by atoms with Crippen molar-refractivity contribution in [1.82, 2.24) is 4.98 Å². The van der Waals surface area contributed by atoms with E-state index in [2.05, 4.69) is 4.98 Å². The summed E-state index contributed by atoms with van der Waals surface area (Å²) in [6.45, 7) is 0. The molecule has 0 aliphatic heterocycles. The highest BCUT2D eigenvalue weighted by molar-refractivity contribution is 6.32. The zero-order valence-corrected chi connectivity index (χ0v) is 7.86. The molecule has 72 valence electrons. The van der Waals surface area contributed by atoms with Gasteiger partial charge in [0.1, 0.15) is 5.15 Å². The van der Waals surface area contributed by atoms with Crippen LogP contribution in [0.5, 0.6) is 0 Å². The van der Waals surface area contributed by atoms with E-state index < -0.39 is 12.5 Å². The summed E-state index contributed by atoms with van der Waals surface area (Å²) in [7, 11) is 0. The van der Waals surface area contributed by atoms with Crippen molar-refractivity contribution in [3.8, 4) is 0 Å². The highest BCUT2D eigenvalue weighted by Crippen LogP contribution is 2.26. The molecule has 0 saturated carbocycles. The van der Waals surface area contributed by atoms with Crippen LogP contribution in [0.25, 0.3) is 0 Å². The molecule has 0 saturated heterocycles. The highest BCUT2D eigenvalue weighted by atomic mass is 35.5. The molecule has 2 nitrogen and oxygen atoms in total. The summed E-state index contributed by atoms with van der Waals surface area (Å²) in [5, 5.41) is 0.188. The molecule has 0 fully saturated rings. The largest absolute Gasteiger partial charge is 0.319 e. The van der Waals surface area contributed by atoms with Gasteiger partial charge in [-0.3, -0.25) is 0 Å². The molecule has 2 N–H and O–H groups in total. The lowest BCUT2D eigenvalue weighted by molar-refractivity contribution is 0.116. The average Bonchev–Trinajstić information content (AvgIpc) is 2.08. The summed E-state index contributed by atoms with van der Waals surface area (Å²) in [6.07, 6.45) is -1.47. The van der Waals surface area contributed by atoms with Crippen molar-refractivity contribution in [2.24, 2.45) is 5.73 Å². The Hall–Kier alpha value is -0.450. The Labute approximate surface area is 83.7 Å². The molecular formula is C7H6Cl2F2N2. The van der Waals surface area contributed by atoms with Crippen LogP contribution in [0.1, 0.15) is 11.6 Å². The Morgan fingerprint density at radius 2 is 2.00 bits per heavy atom. The third kappa shape index (κ3) is 2.49. The van der Waals surface area contributed by atoms with Crippen molar-refractivity contribution in [3.63, 3.8) is 0 Å². The van der Waals surface area contributed by atoms with Crippen LogP contribution in [0.15, 0.2) is 12.3 Å². The molecule has 0 aliphatic rings. The fourth-order valence-corrected chi connectivity index (χ4v) is 1.21. The number of hydrogen-bond donors (Lipinski definition) is 1.